The van der Waals surface area contributed by atoms with Crippen molar-refractivity contribution in [2.24, 2.45) is 16.8 Å². The van der Waals surface area contributed by atoms with Gasteiger partial charge in [0.1, 0.15) is 17.7 Å². The van der Waals surface area contributed by atoms with Crippen LogP contribution in [-0.4, -0.2) is 42.1 Å². The number of benzene rings is 1. The monoisotopic (exact) mass is 554 g/mol. The third kappa shape index (κ3) is 10.6. The van der Waals surface area contributed by atoms with Crippen LogP contribution >= 0.6 is 11.8 Å². The van der Waals surface area contributed by atoms with E-state index in [0.717, 1.165) is 36.2 Å². The number of hydrogen-bond donors (Lipinski definition) is 5. The minimum atomic E-state index is -0.331. The third-order valence-corrected chi connectivity index (χ3v) is 7.19. The number of fused-ring (bicyclic) bond motifs is 1. The van der Waals surface area contributed by atoms with E-state index >= 15 is 0 Å². The molecular weight excluding hydrogens is 512 g/mol. The Labute approximate surface area is 236 Å². The molecule has 1 aromatic carbocycles. The number of hydrazine groups is 1. The Balaban J connectivity index is 0.00000116. The molecular formula is C28H42N8O2S. The molecule has 0 saturated carbocycles. The Hall–Kier alpha value is -3.54. The molecule has 0 spiro atoms. The Bertz CT molecular complexity index is 1170. The zero-order valence-electron chi connectivity index (χ0n) is 23.6. The number of aromatic nitrogens is 2. The summed E-state index contributed by atoms with van der Waals surface area (Å²) in [5.41, 5.74) is 8.76. The molecule has 7 N–H and O–H groups in total. The lowest BCUT2D eigenvalue weighted by molar-refractivity contribution is 0.0931. The number of carbonyl (C=O) groups excluding carboxylic acids is 2. The molecule has 2 aromatic rings. The Kier molecular flexibility index (Phi) is 15.3. The van der Waals surface area contributed by atoms with Gasteiger partial charge in [0, 0.05) is 19.3 Å². The largest absolute Gasteiger partial charge is 0.347 e. The number of rotatable bonds is 9. The van der Waals surface area contributed by atoms with Crippen molar-refractivity contribution < 1.29 is 9.59 Å². The lowest BCUT2D eigenvalue weighted by atomic mass is 9.99. The first-order valence-corrected chi connectivity index (χ1v) is 13.6. The van der Waals surface area contributed by atoms with Gasteiger partial charge in [0.2, 0.25) is 0 Å². The number of hydrazone groups is 1. The van der Waals surface area contributed by atoms with E-state index < -0.39 is 0 Å². The van der Waals surface area contributed by atoms with Crippen molar-refractivity contribution >= 4 is 30.3 Å². The third-order valence-electron chi connectivity index (χ3n) is 6.12. The van der Waals surface area contributed by atoms with Crippen LogP contribution < -0.4 is 27.7 Å². The molecule has 0 radical (unpaired) electrons. The first-order valence-electron chi connectivity index (χ1n) is 12.7. The number of thioether (sulfide) groups is 1. The predicted octanol–water partition coefficient (Wildman–Crippen LogP) is 3.83. The first-order chi connectivity index (χ1) is 18.7. The van der Waals surface area contributed by atoms with Crippen molar-refractivity contribution in [3.05, 3.63) is 80.6 Å². The van der Waals surface area contributed by atoms with E-state index in [1.54, 1.807) is 18.8 Å². The van der Waals surface area contributed by atoms with Gasteiger partial charge in [-0.1, -0.05) is 32.6 Å². The lowest BCUT2D eigenvalue weighted by Crippen LogP contribution is -2.30. The maximum absolute atomic E-state index is 12.9. The van der Waals surface area contributed by atoms with Crippen molar-refractivity contribution in [3.8, 4) is 0 Å². The van der Waals surface area contributed by atoms with Crippen LogP contribution in [0.1, 0.15) is 82.4 Å². The molecule has 1 atom stereocenters. The molecule has 2 amide bonds. The SMILES string of the molecule is C=C(CC)S/C=C(\CC)CNC(=O)c1cc(C(=O)NC2CCc3c2ccc(C)c3C)ncn1.C=NN.CNN. The summed E-state index contributed by atoms with van der Waals surface area (Å²) < 4.78 is 0. The van der Waals surface area contributed by atoms with E-state index in [9.17, 15) is 9.59 Å². The highest BCUT2D eigenvalue weighted by Gasteiger charge is 2.26. The standard InChI is InChI=1S/C26H32N4O2S.CH6N2.CH4N2/c1-6-17(4)33-14-19(7-2)13-27-25(31)23-12-24(29-15-28-23)26(32)30-22-11-10-20-18(5)16(3)8-9-21(20)22;2*1-3-2/h8-9,12,14-15,22H,4,6-7,10-11,13H2,1-3,5H3,(H,27,31)(H,30,32);3H,2H2,1H3;1-2H2/b19-14+;;. The number of nitrogens with zero attached hydrogens (tertiary/aromatic N) is 3. The second-order valence-corrected chi connectivity index (χ2v) is 9.77. The molecule has 1 aliphatic rings. The summed E-state index contributed by atoms with van der Waals surface area (Å²) in [5, 5.41) is 10.7. The minimum Gasteiger partial charge on any atom is -0.347 e. The Morgan fingerprint density at radius 1 is 1.18 bits per heavy atom. The summed E-state index contributed by atoms with van der Waals surface area (Å²) >= 11 is 1.59. The normalized spacial score (nSPS) is 13.6. The predicted molar refractivity (Wildman–Crippen MR) is 161 cm³/mol. The van der Waals surface area contributed by atoms with Crippen molar-refractivity contribution in [3.63, 3.8) is 0 Å². The van der Waals surface area contributed by atoms with Crippen LogP contribution in [0.2, 0.25) is 0 Å². The van der Waals surface area contributed by atoms with Crippen molar-refractivity contribution in [1.82, 2.24) is 26.0 Å². The maximum Gasteiger partial charge on any atom is 0.270 e. The number of amides is 2. The van der Waals surface area contributed by atoms with Crippen LogP contribution in [0.4, 0.5) is 0 Å². The number of aryl methyl sites for hydroxylation is 1. The summed E-state index contributed by atoms with van der Waals surface area (Å²) in [5.74, 6) is 8.33. The van der Waals surface area contributed by atoms with E-state index in [1.165, 1.54) is 34.6 Å². The first kappa shape index (κ1) is 33.5. The van der Waals surface area contributed by atoms with Crippen molar-refractivity contribution in [1.29, 1.82) is 0 Å². The van der Waals surface area contributed by atoms with E-state index in [0.29, 0.717) is 6.54 Å². The second-order valence-electron chi connectivity index (χ2n) is 8.72. The second kappa shape index (κ2) is 17.9. The molecule has 11 heteroatoms. The smallest absolute Gasteiger partial charge is 0.270 e. The van der Waals surface area contributed by atoms with Gasteiger partial charge in [0.15, 0.2) is 0 Å². The number of allylic oxidation sites excluding steroid dienone is 1. The molecule has 1 aliphatic carbocycles. The van der Waals surface area contributed by atoms with E-state index in [2.05, 4.69) is 89.0 Å². The average molecular weight is 555 g/mol. The van der Waals surface area contributed by atoms with Crippen molar-refractivity contribution in [2.45, 2.75) is 59.4 Å². The van der Waals surface area contributed by atoms with E-state index in [-0.39, 0.29) is 29.2 Å². The van der Waals surface area contributed by atoms with Gasteiger partial charge in [-0.3, -0.25) is 20.9 Å². The lowest BCUT2D eigenvalue weighted by Gasteiger charge is -2.15. The Morgan fingerprint density at radius 2 is 1.79 bits per heavy atom. The number of carbonyl (C=O) groups is 2. The highest BCUT2D eigenvalue weighted by Crippen LogP contribution is 2.34. The fourth-order valence-corrected chi connectivity index (χ4v) is 4.52. The average Bonchev–Trinajstić information content (AvgIpc) is 3.34. The summed E-state index contributed by atoms with van der Waals surface area (Å²) in [4.78, 5) is 34.7. The molecule has 0 fully saturated rings. The van der Waals surface area contributed by atoms with Crippen LogP contribution in [0.15, 0.2) is 52.1 Å². The van der Waals surface area contributed by atoms with Gasteiger partial charge in [0.05, 0.1) is 6.04 Å². The van der Waals surface area contributed by atoms with Crippen molar-refractivity contribution in [2.75, 3.05) is 13.6 Å². The van der Waals surface area contributed by atoms with Gasteiger partial charge in [-0.25, -0.2) is 9.97 Å². The summed E-state index contributed by atoms with van der Waals surface area (Å²) in [6.45, 7) is 15.6. The van der Waals surface area contributed by atoms with Crippen LogP contribution in [0.25, 0.3) is 0 Å². The number of nitrogens with one attached hydrogen (secondary N) is 3. The zero-order chi connectivity index (χ0) is 29.4. The summed E-state index contributed by atoms with van der Waals surface area (Å²) in [7, 11) is 1.65. The summed E-state index contributed by atoms with van der Waals surface area (Å²) in [6.07, 6.45) is 4.80. The molecule has 1 aromatic heterocycles. The van der Waals surface area contributed by atoms with Gasteiger partial charge in [0.25, 0.3) is 11.8 Å². The number of nitrogens with two attached hydrogens (primary N) is 2. The summed E-state index contributed by atoms with van der Waals surface area (Å²) in [6, 6.07) is 5.60. The molecule has 0 aliphatic heterocycles. The van der Waals surface area contributed by atoms with Crippen LogP contribution in [0.3, 0.4) is 0 Å². The molecule has 39 heavy (non-hydrogen) atoms. The van der Waals surface area contributed by atoms with Gasteiger partial charge in [-0.05, 0) is 84.7 Å². The van der Waals surface area contributed by atoms with Gasteiger partial charge in [-0.15, -0.1) is 11.8 Å². The van der Waals surface area contributed by atoms with Gasteiger partial charge >= 0.3 is 0 Å². The highest BCUT2D eigenvalue weighted by molar-refractivity contribution is 8.05. The number of hydrogen-bond acceptors (Lipinski definition) is 9. The van der Waals surface area contributed by atoms with E-state index in [4.69, 9.17) is 0 Å². The van der Waals surface area contributed by atoms with E-state index in [1.807, 2.05) is 12.3 Å². The fourth-order valence-electron chi connectivity index (χ4n) is 3.77. The van der Waals surface area contributed by atoms with Gasteiger partial charge < -0.3 is 16.5 Å². The van der Waals surface area contributed by atoms with Crippen LogP contribution in [0, 0.1) is 13.8 Å². The molecule has 212 valence electrons. The highest BCUT2D eigenvalue weighted by atomic mass is 32.2. The van der Waals surface area contributed by atoms with Crippen LogP contribution in [0.5, 0.6) is 0 Å². The molecule has 1 heterocycles. The molecule has 0 bridgehead atoms. The minimum absolute atomic E-state index is 0.0494. The van der Waals surface area contributed by atoms with Crippen LogP contribution in [-0.2, 0) is 6.42 Å². The molecule has 3 rings (SSSR count). The molecule has 1 unspecified atom stereocenters. The maximum atomic E-state index is 12.9. The topological polar surface area (TPSA) is 160 Å². The molecule has 0 saturated heterocycles. The van der Waals surface area contributed by atoms with Gasteiger partial charge in [-0.2, -0.15) is 5.10 Å². The molecule has 10 nitrogen and oxygen atoms in total. The quantitative estimate of drug-likeness (QED) is 0.178. The zero-order valence-corrected chi connectivity index (χ0v) is 24.5. The Morgan fingerprint density at radius 3 is 2.38 bits per heavy atom. The fraction of sp³-hybridized carbons (Fsp3) is 0.393.